The molecule has 0 saturated heterocycles. The lowest BCUT2D eigenvalue weighted by atomic mass is 10.1. The lowest BCUT2D eigenvalue weighted by Gasteiger charge is -2.16. The van der Waals surface area contributed by atoms with Crippen molar-refractivity contribution in [3.8, 4) is 5.75 Å². The van der Waals surface area contributed by atoms with Gasteiger partial charge in [0.15, 0.2) is 0 Å². The van der Waals surface area contributed by atoms with E-state index in [2.05, 4.69) is 25.6 Å². The maximum Gasteiger partial charge on any atom is 0.337 e. The summed E-state index contributed by atoms with van der Waals surface area (Å²) in [5, 5.41) is 9.14. The number of pyridine rings is 1. The summed E-state index contributed by atoms with van der Waals surface area (Å²) in [5.41, 5.74) is 0.331. The standard InChI is InChI=1S/C15H15BrN2O5S/c1-9(10-3-4-12(16)13(7-10)23-2)18-24(21,22)14-8-17-6-5-11(14)15(19)20/h3-9,18H,1-2H3,(H,19,20). The second-order valence-corrected chi connectivity index (χ2v) is 7.45. The van der Waals surface area contributed by atoms with Gasteiger partial charge in [-0.15, -0.1) is 0 Å². The number of ether oxygens (including phenoxy) is 1. The van der Waals surface area contributed by atoms with Crippen LogP contribution >= 0.6 is 15.9 Å². The predicted octanol–water partition coefficient (Wildman–Crippen LogP) is 2.59. The smallest absolute Gasteiger partial charge is 0.337 e. The number of benzene rings is 1. The van der Waals surface area contributed by atoms with E-state index in [1.807, 2.05) is 0 Å². The van der Waals surface area contributed by atoms with Gasteiger partial charge in [-0.2, -0.15) is 0 Å². The fourth-order valence-corrected chi connectivity index (χ4v) is 3.86. The van der Waals surface area contributed by atoms with Gasteiger partial charge in [0.25, 0.3) is 0 Å². The van der Waals surface area contributed by atoms with Crippen molar-refractivity contribution in [1.29, 1.82) is 0 Å². The lowest BCUT2D eigenvalue weighted by Crippen LogP contribution is -2.28. The number of methoxy groups -OCH3 is 1. The molecule has 1 aromatic heterocycles. The Hall–Kier alpha value is -1.97. The number of halogens is 1. The summed E-state index contributed by atoms with van der Waals surface area (Å²) in [6.07, 6.45) is 2.24. The van der Waals surface area contributed by atoms with Crippen LogP contribution in [0.1, 0.15) is 28.9 Å². The number of aromatic nitrogens is 1. The summed E-state index contributed by atoms with van der Waals surface area (Å²) < 4.78 is 33.4. The summed E-state index contributed by atoms with van der Waals surface area (Å²) in [4.78, 5) is 14.5. The minimum absolute atomic E-state index is 0.335. The highest BCUT2D eigenvalue weighted by molar-refractivity contribution is 9.10. The first-order chi connectivity index (χ1) is 11.3. The van der Waals surface area contributed by atoms with Gasteiger partial charge in [-0.1, -0.05) is 6.07 Å². The Balaban J connectivity index is 2.34. The Labute approximate surface area is 147 Å². The molecule has 0 saturated carbocycles. The van der Waals surface area contributed by atoms with Gasteiger partial charge in [0.05, 0.1) is 17.1 Å². The second-order valence-electron chi connectivity index (χ2n) is 4.91. The Kier molecular flexibility index (Phi) is 5.58. The van der Waals surface area contributed by atoms with Crippen LogP contribution < -0.4 is 9.46 Å². The number of nitrogens with one attached hydrogen (secondary N) is 1. The third kappa shape index (κ3) is 3.92. The van der Waals surface area contributed by atoms with Gasteiger partial charge >= 0.3 is 5.97 Å². The van der Waals surface area contributed by atoms with E-state index in [-0.39, 0.29) is 10.5 Å². The Morgan fingerprint density at radius 2 is 2.08 bits per heavy atom. The van der Waals surface area contributed by atoms with E-state index in [1.54, 1.807) is 25.1 Å². The monoisotopic (exact) mass is 414 g/mol. The number of hydrogen-bond donors (Lipinski definition) is 2. The number of rotatable bonds is 6. The van der Waals surface area contributed by atoms with Gasteiger partial charge in [-0.3, -0.25) is 4.98 Å². The number of carbonyl (C=O) groups is 1. The van der Waals surface area contributed by atoms with E-state index in [1.165, 1.54) is 13.3 Å². The Morgan fingerprint density at radius 3 is 2.71 bits per heavy atom. The molecule has 0 aliphatic heterocycles. The van der Waals surface area contributed by atoms with Crippen LogP contribution in [0.15, 0.2) is 46.0 Å². The Morgan fingerprint density at radius 1 is 1.38 bits per heavy atom. The van der Waals surface area contributed by atoms with Crippen molar-refractivity contribution in [2.24, 2.45) is 0 Å². The van der Waals surface area contributed by atoms with E-state index in [9.17, 15) is 13.2 Å². The van der Waals surface area contributed by atoms with Crippen molar-refractivity contribution < 1.29 is 23.1 Å². The molecule has 0 spiro atoms. The third-order valence-corrected chi connectivity index (χ3v) is 5.53. The first-order valence-corrected chi connectivity index (χ1v) is 9.07. The average Bonchev–Trinajstić information content (AvgIpc) is 2.54. The summed E-state index contributed by atoms with van der Waals surface area (Å²) >= 11 is 3.33. The van der Waals surface area contributed by atoms with Crippen LogP contribution in [0.3, 0.4) is 0 Å². The van der Waals surface area contributed by atoms with Crippen molar-refractivity contribution in [1.82, 2.24) is 9.71 Å². The van der Waals surface area contributed by atoms with Crippen molar-refractivity contribution in [2.75, 3.05) is 7.11 Å². The number of nitrogens with zero attached hydrogens (tertiary/aromatic N) is 1. The van der Waals surface area contributed by atoms with E-state index >= 15 is 0 Å². The molecular formula is C15H15BrN2O5S. The molecule has 0 aliphatic rings. The molecule has 1 heterocycles. The second kappa shape index (κ2) is 7.29. The van der Waals surface area contributed by atoms with Crippen LogP contribution in [0.25, 0.3) is 0 Å². The van der Waals surface area contributed by atoms with Gasteiger partial charge in [0.2, 0.25) is 10.0 Å². The van der Waals surface area contributed by atoms with Crippen molar-refractivity contribution in [3.05, 3.63) is 52.3 Å². The highest BCUT2D eigenvalue weighted by atomic mass is 79.9. The van der Waals surface area contributed by atoms with Gasteiger partial charge in [-0.05, 0) is 46.6 Å². The zero-order valence-corrected chi connectivity index (χ0v) is 15.3. The fraction of sp³-hybridized carbons (Fsp3) is 0.200. The molecule has 0 fully saturated rings. The number of hydrogen-bond acceptors (Lipinski definition) is 5. The Bertz CT molecular complexity index is 870. The maximum absolute atomic E-state index is 12.5. The molecule has 1 atom stereocenters. The molecule has 7 nitrogen and oxygen atoms in total. The van der Waals surface area contributed by atoms with Crippen LogP contribution in [0.5, 0.6) is 5.75 Å². The van der Waals surface area contributed by atoms with Crippen LogP contribution in [-0.4, -0.2) is 31.6 Å². The topological polar surface area (TPSA) is 106 Å². The SMILES string of the molecule is COc1cc(C(C)NS(=O)(=O)c2cnccc2C(=O)O)ccc1Br. The maximum atomic E-state index is 12.5. The normalized spacial score (nSPS) is 12.6. The van der Waals surface area contributed by atoms with E-state index in [0.29, 0.717) is 11.3 Å². The first kappa shape index (κ1) is 18.4. The minimum Gasteiger partial charge on any atom is -0.496 e. The van der Waals surface area contributed by atoms with Crippen LogP contribution in [-0.2, 0) is 10.0 Å². The summed E-state index contributed by atoms with van der Waals surface area (Å²) in [7, 11) is -2.55. The largest absolute Gasteiger partial charge is 0.496 e. The molecule has 9 heteroatoms. The third-order valence-electron chi connectivity index (χ3n) is 3.31. The molecule has 128 valence electrons. The van der Waals surface area contributed by atoms with Crippen LogP contribution in [0.2, 0.25) is 0 Å². The average molecular weight is 415 g/mol. The number of carboxylic acids is 1. The summed E-state index contributed by atoms with van der Waals surface area (Å²) in [6, 6.07) is 5.72. The summed E-state index contributed by atoms with van der Waals surface area (Å²) in [5.74, 6) is -0.776. The van der Waals surface area contributed by atoms with Crippen molar-refractivity contribution in [2.45, 2.75) is 17.9 Å². The van der Waals surface area contributed by atoms with Gasteiger partial charge in [-0.25, -0.2) is 17.9 Å². The van der Waals surface area contributed by atoms with Crippen molar-refractivity contribution in [3.63, 3.8) is 0 Å². The van der Waals surface area contributed by atoms with Crippen molar-refractivity contribution >= 4 is 31.9 Å². The molecule has 0 bridgehead atoms. The first-order valence-electron chi connectivity index (χ1n) is 6.79. The number of carboxylic acid groups (broad SMARTS) is 1. The van der Waals surface area contributed by atoms with E-state index in [0.717, 1.165) is 16.7 Å². The molecule has 2 N–H and O–H groups in total. The highest BCUT2D eigenvalue weighted by Gasteiger charge is 2.25. The van der Waals surface area contributed by atoms with Gasteiger partial charge in [0.1, 0.15) is 10.6 Å². The van der Waals surface area contributed by atoms with Crippen LogP contribution in [0, 0.1) is 0 Å². The summed E-state index contributed by atoms with van der Waals surface area (Å²) in [6.45, 7) is 1.65. The minimum atomic E-state index is -4.06. The molecule has 2 rings (SSSR count). The van der Waals surface area contributed by atoms with Crippen LogP contribution in [0.4, 0.5) is 0 Å². The molecule has 1 unspecified atom stereocenters. The zero-order chi connectivity index (χ0) is 17.9. The molecule has 0 aliphatic carbocycles. The lowest BCUT2D eigenvalue weighted by molar-refractivity contribution is 0.0692. The predicted molar refractivity (Wildman–Crippen MR) is 90.6 cm³/mol. The fourth-order valence-electron chi connectivity index (χ4n) is 2.08. The molecule has 0 amide bonds. The van der Waals surface area contributed by atoms with Gasteiger partial charge < -0.3 is 9.84 Å². The zero-order valence-electron chi connectivity index (χ0n) is 12.9. The molecule has 2 aromatic rings. The molecule has 1 aromatic carbocycles. The molecular weight excluding hydrogens is 400 g/mol. The number of sulfonamides is 1. The number of aromatic carboxylic acids is 1. The molecule has 0 radical (unpaired) electrons. The molecule has 24 heavy (non-hydrogen) atoms. The quantitative estimate of drug-likeness (QED) is 0.752. The highest BCUT2D eigenvalue weighted by Crippen LogP contribution is 2.29. The van der Waals surface area contributed by atoms with E-state index < -0.39 is 22.0 Å². The van der Waals surface area contributed by atoms with E-state index in [4.69, 9.17) is 9.84 Å². The van der Waals surface area contributed by atoms with Gasteiger partial charge in [0, 0.05) is 18.4 Å².